The predicted molar refractivity (Wildman–Crippen MR) is 194 cm³/mol. The van der Waals surface area contributed by atoms with Gasteiger partial charge in [0.05, 0.1) is 67.9 Å². The van der Waals surface area contributed by atoms with Gasteiger partial charge < -0.3 is 34.0 Å². The molecule has 0 aliphatic carbocycles. The number of quaternary nitrogens is 1. The molecule has 0 saturated carbocycles. The zero-order chi connectivity index (χ0) is 38.2. The molecule has 2 unspecified atom stereocenters. The van der Waals surface area contributed by atoms with E-state index < -0.39 is 29.6 Å². The molecule has 13 nitrogen and oxygen atoms in total. The number of piperidine rings is 1. The van der Waals surface area contributed by atoms with Gasteiger partial charge in [-0.3, -0.25) is 19.1 Å². The van der Waals surface area contributed by atoms with Crippen LogP contribution < -0.4 is 5.32 Å². The van der Waals surface area contributed by atoms with Crippen molar-refractivity contribution in [2.24, 2.45) is 13.0 Å². The molecule has 2 saturated heterocycles. The van der Waals surface area contributed by atoms with Gasteiger partial charge in [-0.2, -0.15) is 5.10 Å². The maximum Gasteiger partial charge on any atom is 0.291 e. The molecule has 2 aliphatic heterocycles. The molecule has 0 radical (unpaired) electrons. The van der Waals surface area contributed by atoms with Crippen LogP contribution in [0.25, 0.3) is 22.4 Å². The lowest BCUT2D eigenvalue weighted by Gasteiger charge is -2.42. The molecule has 0 spiro atoms. The summed E-state index contributed by atoms with van der Waals surface area (Å²) in [5, 5.41) is 17.8. The number of nitrogens with zero attached hydrogens (tertiary/aromatic N) is 7. The lowest BCUT2D eigenvalue weighted by Crippen LogP contribution is -2.58. The number of carbonyl (C=O) groups is 3. The molecule has 3 amide bonds. The van der Waals surface area contributed by atoms with Gasteiger partial charge >= 0.3 is 0 Å². The van der Waals surface area contributed by atoms with Gasteiger partial charge in [-0.05, 0) is 31.2 Å². The van der Waals surface area contributed by atoms with Crippen molar-refractivity contribution in [3.63, 3.8) is 0 Å². The van der Waals surface area contributed by atoms with Crippen LogP contribution in [0, 0.1) is 24.5 Å². The largest absolute Gasteiger partial charge is 0.386 e. The number of anilines is 1. The Morgan fingerprint density at radius 1 is 1.04 bits per heavy atom. The average Bonchev–Trinajstić information content (AvgIpc) is 3.69. The van der Waals surface area contributed by atoms with E-state index in [0.717, 1.165) is 6.54 Å². The fraction of sp³-hybridized carbons (Fsp3) is 0.432. The Balaban J connectivity index is 1.09. The fourth-order valence-corrected chi connectivity index (χ4v) is 7.35. The van der Waals surface area contributed by atoms with Crippen LogP contribution in [-0.2, 0) is 23.1 Å². The number of benzene rings is 2. The monoisotopic (exact) mass is 753 g/mol. The first-order chi connectivity index (χ1) is 25.2. The maximum atomic E-state index is 15.5. The van der Waals surface area contributed by atoms with Crippen LogP contribution in [-0.4, -0.2) is 130 Å². The number of aliphatic hydroxyl groups is 1. The number of hydrogen-bond donors (Lipinski definition) is 2. The summed E-state index contributed by atoms with van der Waals surface area (Å²) >= 11 is 6.53. The molecular weight excluding hydrogens is 710 g/mol. The van der Waals surface area contributed by atoms with E-state index in [0.29, 0.717) is 73.7 Å². The summed E-state index contributed by atoms with van der Waals surface area (Å²) in [7, 11) is 7.16. The number of imidazole rings is 1. The topological polar surface area (TPSA) is 135 Å². The number of aliphatic hydroxyl groups excluding tert-OH is 1. The van der Waals surface area contributed by atoms with E-state index in [9.17, 15) is 19.5 Å². The minimum atomic E-state index is -1.09. The van der Waals surface area contributed by atoms with Gasteiger partial charge in [0.1, 0.15) is 12.6 Å². The number of hydrogen-bond acceptors (Lipinski definition) is 7. The predicted octanol–water partition coefficient (Wildman–Crippen LogP) is 3.83. The molecule has 2 N–H and O–H groups in total. The highest BCUT2D eigenvalue weighted by Gasteiger charge is 2.40. The van der Waals surface area contributed by atoms with E-state index in [1.54, 1.807) is 34.7 Å². The second kappa shape index (κ2) is 15.3. The van der Waals surface area contributed by atoms with Gasteiger partial charge in [0.2, 0.25) is 5.91 Å². The molecule has 2 atom stereocenters. The minimum absolute atomic E-state index is 0.0582. The van der Waals surface area contributed by atoms with Crippen LogP contribution >= 0.6 is 11.6 Å². The summed E-state index contributed by atoms with van der Waals surface area (Å²) in [5.41, 5.74) is 1.70. The second-order valence-corrected chi connectivity index (χ2v) is 14.7. The molecule has 16 heteroatoms. The standard InChI is InChI=1S/C37H43ClF2N8O5/c1-22-28(20-47(43-22)15-17-53-5)24-8-9-26(33(40)32(24)39)30-19-41-34(44(30)2)35(50)42-23-6-7-25(29(38)18-23)36(51)45-11-13-46(14-12-45)37(52)27-10-16-48(3,4)21-31(27)49/h6-9,18-20,27,31,49H,10-17,21H2,1-5H3/p+1. The third-order valence-electron chi connectivity index (χ3n) is 10.2. The van der Waals surface area contributed by atoms with Crippen molar-refractivity contribution in [1.29, 1.82) is 0 Å². The number of piperazine rings is 1. The Morgan fingerprint density at radius 3 is 2.40 bits per heavy atom. The fourth-order valence-electron chi connectivity index (χ4n) is 7.09. The Bertz CT molecular complexity index is 2040. The van der Waals surface area contributed by atoms with E-state index in [1.165, 1.54) is 48.1 Å². The number of carbonyl (C=O) groups excluding carboxylic acids is 3. The van der Waals surface area contributed by atoms with Crippen molar-refractivity contribution in [3.8, 4) is 22.4 Å². The first kappa shape index (κ1) is 38.0. The smallest absolute Gasteiger partial charge is 0.291 e. The number of ether oxygens (including phenoxy) is 1. The van der Waals surface area contributed by atoms with E-state index in [2.05, 4.69) is 15.4 Å². The quantitative estimate of drug-likeness (QED) is 0.248. The lowest BCUT2D eigenvalue weighted by atomic mass is 9.91. The SMILES string of the molecule is COCCn1cc(-c2ccc(-c3cnc(C(=O)Nc4ccc(C(=O)N5CCN(C(=O)C6CC[N+](C)(C)CC6O)CC5)c(Cl)c4)n3C)c(F)c2F)c(C)n1. The second-order valence-electron chi connectivity index (χ2n) is 14.3. The summed E-state index contributed by atoms with van der Waals surface area (Å²) in [5.74, 6) is -3.65. The third kappa shape index (κ3) is 7.84. The number of halogens is 3. The Kier molecular flexibility index (Phi) is 11.0. The van der Waals surface area contributed by atoms with Crippen LogP contribution in [0.1, 0.15) is 33.1 Å². The average molecular weight is 754 g/mol. The molecule has 0 bridgehead atoms. The first-order valence-electron chi connectivity index (χ1n) is 17.4. The summed E-state index contributed by atoms with van der Waals surface area (Å²) < 4.78 is 39.7. The summed E-state index contributed by atoms with van der Waals surface area (Å²) in [6.45, 7) is 5.26. The van der Waals surface area contributed by atoms with Gasteiger partial charge in [0.15, 0.2) is 17.5 Å². The number of aryl methyl sites for hydroxylation is 1. The number of likely N-dealkylation sites (N-methyl/N-ethyl adjacent to an activating group) is 1. The number of aromatic nitrogens is 4. The highest BCUT2D eigenvalue weighted by molar-refractivity contribution is 6.34. The molecule has 2 aliphatic rings. The molecule has 6 rings (SSSR count). The van der Waals surface area contributed by atoms with Crippen LogP contribution in [0.15, 0.2) is 42.7 Å². The molecule has 282 valence electrons. The van der Waals surface area contributed by atoms with Crippen molar-refractivity contribution < 1.29 is 37.5 Å². The van der Waals surface area contributed by atoms with Crippen LogP contribution in [0.5, 0.6) is 0 Å². The number of amides is 3. The van der Waals surface area contributed by atoms with E-state index >= 15 is 8.78 Å². The molecule has 2 fully saturated rings. The Morgan fingerprint density at radius 2 is 1.72 bits per heavy atom. The normalized spacial score (nSPS) is 18.7. The van der Waals surface area contributed by atoms with Crippen molar-refractivity contribution in [2.45, 2.75) is 26.0 Å². The van der Waals surface area contributed by atoms with Crippen LogP contribution in [0.3, 0.4) is 0 Å². The van der Waals surface area contributed by atoms with Gasteiger partial charge in [-0.15, -0.1) is 0 Å². The summed E-state index contributed by atoms with van der Waals surface area (Å²) in [6.07, 6.45) is 2.85. The summed E-state index contributed by atoms with van der Waals surface area (Å²) in [4.78, 5) is 47.4. The van der Waals surface area contributed by atoms with Crippen LogP contribution in [0.2, 0.25) is 5.02 Å². The van der Waals surface area contributed by atoms with E-state index in [4.69, 9.17) is 16.3 Å². The molecular formula is C37H44ClF2N8O5+. The zero-order valence-electron chi connectivity index (χ0n) is 30.4. The highest BCUT2D eigenvalue weighted by atomic mass is 35.5. The molecule has 2 aromatic carbocycles. The third-order valence-corrected chi connectivity index (χ3v) is 10.5. The van der Waals surface area contributed by atoms with Crippen LogP contribution in [0.4, 0.5) is 14.5 Å². The first-order valence-corrected chi connectivity index (χ1v) is 17.8. The van der Waals surface area contributed by atoms with Gasteiger partial charge in [-0.1, -0.05) is 17.7 Å². The Hall–Kier alpha value is -4.70. The maximum absolute atomic E-state index is 15.5. The van der Waals surface area contributed by atoms with Gasteiger partial charge in [0.25, 0.3) is 11.8 Å². The molecule has 4 heterocycles. The molecule has 4 aromatic rings. The van der Waals surface area contributed by atoms with Crippen molar-refractivity contribution in [3.05, 3.63) is 76.5 Å². The zero-order valence-corrected chi connectivity index (χ0v) is 31.2. The van der Waals surface area contributed by atoms with E-state index in [1.807, 2.05) is 14.1 Å². The van der Waals surface area contributed by atoms with E-state index in [-0.39, 0.29) is 45.0 Å². The highest BCUT2D eigenvalue weighted by Crippen LogP contribution is 2.33. The molecule has 2 aromatic heterocycles. The number of likely N-dealkylation sites (tertiary alicyclic amines) is 1. The van der Waals surface area contributed by atoms with Crippen molar-refractivity contribution >= 4 is 35.0 Å². The number of nitrogens with one attached hydrogen (secondary N) is 1. The number of rotatable bonds is 9. The van der Waals surface area contributed by atoms with Gasteiger partial charge in [-0.25, -0.2) is 13.8 Å². The Labute approximate surface area is 311 Å². The lowest BCUT2D eigenvalue weighted by molar-refractivity contribution is -0.899. The van der Waals surface area contributed by atoms with Crippen molar-refractivity contribution in [1.82, 2.24) is 29.1 Å². The summed E-state index contributed by atoms with van der Waals surface area (Å²) in [6, 6.07) is 7.42. The molecule has 53 heavy (non-hydrogen) atoms. The number of methoxy groups -OCH3 is 1. The van der Waals surface area contributed by atoms with Gasteiger partial charge in [0, 0.05) is 75.3 Å². The minimum Gasteiger partial charge on any atom is -0.386 e. The van der Waals surface area contributed by atoms with Crippen molar-refractivity contribution in [2.75, 3.05) is 72.4 Å².